The smallest absolute Gasteiger partial charge is 0.252 e. The molecule has 0 aliphatic carbocycles. The SMILES string of the molecule is COCc1ccc(CN2CCC3(CCc4ccccc4C(=O)N3)C2)o1. The van der Waals surface area contributed by atoms with E-state index in [2.05, 4.69) is 16.3 Å². The number of nitrogens with one attached hydrogen (secondary N) is 1. The lowest BCUT2D eigenvalue weighted by Gasteiger charge is -2.29. The van der Waals surface area contributed by atoms with E-state index in [1.807, 2.05) is 30.3 Å². The Morgan fingerprint density at radius 3 is 2.92 bits per heavy atom. The van der Waals surface area contributed by atoms with E-state index in [9.17, 15) is 4.79 Å². The molecular weight excluding hydrogens is 316 g/mol. The van der Waals surface area contributed by atoms with Crippen LogP contribution in [0.4, 0.5) is 0 Å². The quantitative estimate of drug-likeness (QED) is 0.930. The number of likely N-dealkylation sites (tertiary alicyclic amines) is 1. The van der Waals surface area contributed by atoms with Gasteiger partial charge in [-0.3, -0.25) is 9.69 Å². The zero-order valence-electron chi connectivity index (χ0n) is 14.6. The Labute approximate surface area is 148 Å². The number of nitrogens with zero attached hydrogens (tertiary/aromatic N) is 1. The topological polar surface area (TPSA) is 54.7 Å². The van der Waals surface area contributed by atoms with Crippen molar-refractivity contribution in [3.8, 4) is 0 Å². The lowest BCUT2D eigenvalue weighted by molar-refractivity contribution is 0.0901. The Kier molecular flexibility index (Phi) is 4.36. The van der Waals surface area contributed by atoms with Gasteiger partial charge in [0.25, 0.3) is 5.91 Å². The molecule has 132 valence electrons. The summed E-state index contributed by atoms with van der Waals surface area (Å²) in [5.41, 5.74) is 1.86. The van der Waals surface area contributed by atoms with Gasteiger partial charge in [0.05, 0.1) is 12.1 Å². The summed E-state index contributed by atoms with van der Waals surface area (Å²) in [6.07, 6.45) is 2.92. The van der Waals surface area contributed by atoms with Gasteiger partial charge < -0.3 is 14.5 Å². The van der Waals surface area contributed by atoms with Gasteiger partial charge in [-0.1, -0.05) is 18.2 Å². The molecule has 1 aromatic heterocycles. The average Bonchev–Trinajstić information content (AvgIpc) is 3.18. The molecule has 0 saturated carbocycles. The third-order valence-corrected chi connectivity index (χ3v) is 5.33. The lowest BCUT2D eigenvalue weighted by Crippen LogP contribution is -2.49. The first kappa shape index (κ1) is 16.4. The molecule has 1 aromatic carbocycles. The number of methoxy groups -OCH3 is 1. The van der Waals surface area contributed by atoms with E-state index in [1.165, 1.54) is 0 Å². The van der Waals surface area contributed by atoms with E-state index in [0.717, 1.165) is 61.5 Å². The second-order valence-corrected chi connectivity index (χ2v) is 7.15. The Morgan fingerprint density at radius 2 is 2.04 bits per heavy atom. The Balaban J connectivity index is 1.44. The Hall–Kier alpha value is -2.11. The van der Waals surface area contributed by atoms with Crippen molar-refractivity contribution in [1.82, 2.24) is 10.2 Å². The molecule has 1 spiro atoms. The first-order valence-electron chi connectivity index (χ1n) is 8.87. The van der Waals surface area contributed by atoms with Crippen molar-refractivity contribution < 1.29 is 13.9 Å². The predicted molar refractivity (Wildman–Crippen MR) is 94.3 cm³/mol. The molecule has 2 aliphatic heterocycles. The molecule has 1 atom stereocenters. The second-order valence-electron chi connectivity index (χ2n) is 7.15. The molecular formula is C20H24N2O3. The van der Waals surface area contributed by atoms with Gasteiger partial charge in [0, 0.05) is 25.8 Å². The number of hydrogen-bond donors (Lipinski definition) is 1. The molecule has 5 nitrogen and oxygen atoms in total. The highest BCUT2D eigenvalue weighted by Gasteiger charge is 2.41. The highest BCUT2D eigenvalue weighted by molar-refractivity contribution is 5.96. The van der Waals surface area contributed by atoms with Crippen LogP contribution in [-0.2, 0) is 24.3 Å². The number of carbonyl (C=O) groups is 1. The number of rotatable bonds is 4. The molecule has 2 aliphatic rings. The van der Waals surface area contributed by atoms with Crippen LogP contribution in [-0.4, -0.2) is 36.5 Å². The molecule has 5 heteroatoms. The van der Waals surface area contributed by atoms with Crippen molar-refractivity contribution in [3.63, 3.8) is 0 Å². The van der Waals surface area contributed by atoms with Gasteiger partial charge in [-0.15, -0.1) is 0 Å². The maximum Gasteiger partial charge on any atom is 0.252 e. The fourth-order valence-electron chi connectivity index (χ4n) is 4.05. The minimum absolute atomic E-state index is 0.0651. The third-order valence-electron chi connectivity index (χ3n) is 5.33. The van der Waals surface area contributed by atoms with Crippen LogP contribution in [0, 0.1) is 0 Å². The number of benzene rings is 1. The zero-order valence-corrected chi connectivity index (χ0v) is 14.6. The van der Waals surface area contributed by atoms with E-state index >= 15 is 0 Å². The summed E-state index contributed by atoms with van der Waals surface area (Å²) in [7, 11) is 1.67. The summed E-state index contributed by atoms with van der Waals surface area (Å²) in [4.78, 5) is 15.0. The van der Waals surface area contributed by atoms with Crippen molar-refractivity contribution in [2.45, 2.75) is 38.0 Å². The van der Waals surface area contributed by atoms with Crippen molar-refractivity contribution in [1.29, 1.82) is 0 Å². The summed E-state index contributed by atoms with van der Waals surface area (Å²) in [6.45, 7) is 3.11. The van der Waals surface area contributed by atoms with Gasteiger partial charge in [-0.25, -0.2) is 0 Å². The molecule has 0 bridgehead atoms. The van der Waals surface area contributed by atoms with Crippen molar-refractivity contribution >= 4 is 5.91 Å². The van der Waals surface area contributed by atoms with E-state index in [4.69, 9.17) is 9.15 Å². The summed E-state index contributed by atoms with van der Waals surface area (Å²) in [6, 6.07) is 11.9. The number of aryl methyl sites for hydroxylation is 1. The summed E-state index contributed by atoms with van der Waals surface area (Å²) >= 11 is 0. The Morgan fingerprint density at radius 1 is 1.20 bits per heavy atom. The molecule has 1 fully saturated rings. The average molecular weight is 340 g/mol. The molecule has 1 saturated heterocycles. The summed E-state index contributed by atoms with van der Waals surface area (Å²) in [5, 5.41) is 3.32. The van der Waals surface area contributed by atoms with E-state index in [-0.39, 0.29) is 11.4 Å². The van der Waals surface area contributed by atoms with Crippen LogP contribution in [0.25, 0.3) is 0 Å². The molecule has 1 unspecified atom stereocenters. The van der Waals surface area contributed by atoms with Gasteiger partial charge in [0.1, 0.15) is 18.1 Å². The first-order valence-corrected chi connectivity index (χ1v) is 8.87. The minimum Gasteiger partial charge on any atom is -0.462 e. The summed E-state index contributed by atoms with van der Waals surface area (Å²) < 4.78 is 10.9. The molecule has 4 rings (SSSR count). The number of fused-ring (bicyclic) bond motifs is 1. The van der Waals surface area contributed by atoms with Gasteiger partial charge in [0.2, 0.25) is 0 Å². The summed E-state index contributed by atoms with van der Waals surface area (Å²) in [5.74, 6) is 1.87. The van der Waals surface area contributed by atoms with Crippen molar-refractivity contribution in [2.75, 3.05) is 20.2 Å². The lowest BCUT2D eigenvalue weighted by atomic mass is 9.91. The third kappa shape index (κ3) is 3.34. The second kappa shape index (κ2) is 6.65. The van der Waals surface area contributed by atoms with E-state index in [1.54, 1.807) is 7.11 Å². The van der Waals surface area contributed by atoms with Crippen LogP contribution in [0.1, 0.15) is 40.3 Å². The maximum absolute atomic E-state index is 12.6. The van der Waals surface area contributed by atoms with Crippen LogP contribution >= 0.6 is 0 Å². The highest BCUT2D eigenvalue weighted by Crippen LogP contribution is 2.31. The normalized spacial score (nSPS) is 23.5. The zero-order chi connectivity index (χ0) is 17.3. The molecule has 1 amide bonds. The van der Waals surface area contributed by atoms with Crippen LogP contribution in [0.2, 0.25) is 0 Å². The van der Waals surface area contributed by atoms with Gasteiger partial charge in [-0.05, 0) is 43.0 Å². The minimum atomic E-state index is -0.127. The monoisotopic (exact) mass is 340 g/mol. The standard InChI is InChI=1S/C20H24N2O3/c1-24-13-17-7-6-16(25-17)12-22-11-10-20(14-22)9-8-15-4-2-3-5-18(15)19(23)21-20/h2-7H,8-14H2,1H3,(H,21,23). The van der Waals surface area contributed by atoms with Gasteiger partial charge in [-0.2, -0.15) is 0 Å². The number of hydrogen-bond acceptors (Lipinski definition) is 4. The van der Waals surface area contributed by atoms with E-state index in [0.29, 0.717) is 6.61 Å². The number of furan rings is 1. The fraction of sp³-hybridized carbons (Fsp3) is 0.450. The van der Waals surface area contributed by atoms with Crippen LogP contribution in [0.5, 0.6) is 0 Å². The van der Waals surface area contributed by atoms with Gasteiger partial charge in [0.15, 0.2) is 0 Å². The van der Waals surface area contributed by atoms with Crippen LogP contribution in [0.15, 0.2) is 40.8 Å². The molecule has 0 radical (unpaired) electrons. The highest BCUT2D eigenvalue weighted by atomic mass is 16.5. The first-order chi connectivity index (χ1) is 12.2. The predicted octanol–water partition coefficient (Wildman–Crippen LogP) is 2.75. The fourth-order valence-corrected chi connectivity index (χ4v) is 4.05. The number of amides is 1. The maximum atomic E-state index is 12.6. The van der Waals surface area contributed by atoms with Crippen LogP contribution in [0.3, 0.4) is 0 Å². The van der Waals surface area contributed by atoms with Crippen molar-refractivity contribution in [2.24, 2.45) is 0 Å². The number of carbonyl (C=O) groups excluding carboxylic acids is 1. The van der Waals surface area contributed by atoms with Crippen LogP contribution < -0.4 is 5.32 Å². The van der Waals surface area contributed by atoms with E-state index < -0.39 is 0 Å². The molecule has 2 aromatic rings. The molecule has 3 heterocycles. The van der Waals surface area contributed by atoms with Gasteiger partial charge >= 0.3 is 0 Å². The Bertz CT molecular complexity index is 770. The number of ether oxygens (including phenoxy) is 1. The van der Waals surface area contributed by atoms with Crippen molar-refractivity contribution in [3.05, 3.63) is 59.0 Å². The largest absolute Gasteiger partial charge is 0.462 e. The molecule has 25 heavy (non-hydrogen) atoms. The molecule has 1 N–H and O–H groups in total.